The van der Waals surface area contributed by atoms with Crippen molar-refractivity contribution in [1.29, 1.82) is 0 Å². The fourth-order valence-corrected chi connectivity index (χ4v) is 3.12. The minimum Gasteiger partial charge on any atom is -0.436 e. The third-order valence-electron chi connectivity index (χ3n) is 4.75. The van der Waals surface area contributed by atoms with Crippen LogP contribution in [-0.2, 0) is 0 Å². The average Bonchev–Trinajstić information content (AvgIpc) is 3.25. The third kappa shape index (κ3) is 4.12. The molecule has 0 spiro atoms. The summed E-state index contributed by atoms with van der Waals surface area (Å²) in [6.45, 7) is 1.82. The maximum absolute atomic E-state index is 13.2. The molecular weight excluding hydrogens is 386 g/mol. The second-order valence-electron chi connectivity index (χ2n) is 6.83. The number of halogens is 2. The predicted octanol–water partition coefficient (Wildman–Crippen LogP) is 5.78. The summed E-state index contributed by atoms with van der Waals surface area (Å²) in [5.41, 5.74) is 2.41. The molecule has 0 aliphatic heterocycles. The van der Waals surface area contributed by atoms with E-state index in [9.17, 15) is 13.6 Å². The number of nitrogens with one attached hydrogen (secondary N) is 1. The molecule has 0 radical (unpaired) electrons. The molecule has 1 aromatic heterocycles. The van der Waals surface area contributed by atoms with Gasteiger partial charge in [-0.05, 0) is 61.0 Å². The van der Waals surface area contributed by atoms with E-state index in [-0.39, 0.29) is 29.5 Å². The SMILES string of the molecule is C[C@H](NC(=O)c1ccccc1-c1ncc(-c2ccc(F)cc2)o1)c1ccc(F)cc1. The van der Waals surface area contributed by atoms with E-state index in [0.717, 1.165) is 5.56 Å². The van der Waals surface area contributed by atoms with E-state index in [1.54, 1.807) is 54.7 Å². The van der Waals surface area contributed by atoms with Crippen LogP contribution < -0.4 is 5.32 Å². The van der Waals surface area contributed by atoms with Gasteiger partial charge in [-0.3, -0.25) is 4.79 Å². The van der Waals surface area contributed by atoms with Crippen LogP contribution >= 0.6 is 0 Å². The standard InChI is InChI=1S/C24H18F2N2O2/c1-15(16-6-10-18(25)11-7-16)28-23(29)20-4-2-3-5-21(20)24-27-14-22(30-24)17-8-12-19(26)13-9-17/h2-15H,1H3,(H,28,29)/t15-/m0/s1. The molecule has 4 rings (SSSR count). The largest absolute Gasteiger partial charge is 0.436 e. The van der Waals surface area contributed by atoms with E-state index in [0.29, 0.717) is 22.5 Å². The van der Waals surface area contributed by atoms with Crippen LogP contribution in [0.3, 0.4) is 0 Å². The minimum absolute atomic E-state index is 0.287. The van der Waals surface area contributed by atoms with Crippen molar-refractivity contribution in [1.82, 2.24) is 10.3 Å². The van der Waals surface area contributed by atoms with Crippen LogP contribution in [0.25, 0.3) is 22.8 Å². The lowest BCUT2D eigenvalue weighted by molar-refractivity contribution is 0.0940. The van der Waals surface area contributed by atoms with Crippen LogP contribution in [0.4, 0.5) is 8.78 Å². The Bertz CT molecular complexity index is 1170. The number of amides is 1. The molecular formula is C24H18F2N2O2. The van der Waals surface area contributed by atoms with E-state index < -0.39 is 0 Å². The second-order valence-corrected chi connectivity index (χ2v) is 6.83. The van der Waals surface area contributed by atoms with Gasteiger partial charge < -0.3 is 9.73 Å². The van der Waals surface area contributed by atoms with E-state index in [4.69, 9.17) is 4.42 Å². The number of nitrogens with zero attached hydrogens (tertiary/aromatic N) is 1. The van der Waals surface area contributed by atoms with Gasteiger partial charge in [0.25, 0.3) is 5.91 Å². The van der Waals surface area contributed by atoms with Crippen LogP contribution in [0.15, 0.2) is 83.4 Å². The Hall–Kier alpha value is -3.80. The highest BCUT2D eigenvalue weighted by Gasteiger charge is 2.19. The number of benzene rings is 3. The van der Waals surface area contributed by atoms with Gasteiger partial charge in [0.05, 0.1) is 17.8 Å². The summed E-state index contributed by atoms with van der Waals surface area (Å²) >= 11 is 0. The summed E-state index contributed by atoms with van der Waals surface area (Å²) in [7, 11) is 0. The molecule has 30 heavy (non-hydrogen) atoms. The zero-order chi connectivity index (χ0) is 21.1. The van der Waals surface area contributed by atoms with Crippen LogP contribution in [0, 0.1) is 11.6 Å². The highest BCUT2D eigenvalue weighted by atomic mass is 19.1. The molecule has 3 aromatic carbocycles. The number of carbonyl (C=O) groups excluding carboxylic acids is 1. The van der Waals surface area contributed by atoms with Crippen molar-refractivity contribution < 1.29 is 18.0 Å². The van der Waals surface area contributed by atoms with Gasteiger partial charge >= 0.3 is 0 Å². The molecule has 0 aliphatic carbocycles. The Labute approximate surface area is 172 Å². The maximum Gasteiger partial charge on any atom is 0.252 e. The number of hydrogen-bond donors (Lipinski definition) is 1. The van der Waals surface area contributed by atoms with Crippen molar-refractivity contribution in [2.75, 3.05) is 0 Å². The lowest BCUT2D eigenvalue weighted by atomic mass is 10.0. The molecule has 1 heterocycles. The summed E-state index contributed by atoms with van der Waals surface area (Å²) in [4.78, 5) is 17.2. The number of hydrogen-bond acceptors (Lipinski definition) is 3. The maximum atomic E-state index is 13.2. The highest BCUT2D eigenvalue weighted by Crippen LogP contribution is 2.28. The molecule has 0 unspecified atom stereocenters. The van der Waals surface area contributed by atoms with Gasteiger partial charge in [-0.15, -0.1) is 0 Å². The Kier molecular flexibility index (Phi) is 5.39. The number of aromatic nitrogens is 1. The van der Waals surface area contributed by atoms with Crippen molar-refractivity contribution in [3.8, 4) is 22.8 Å². The summed E-state index contributed by atoms with van der Waals surface area (Å²) < 4.78 is 32.1. The van der Waals surface area contributed by atoms with Crippen LogP contribution in [-0.4, -0.2) is 10.9 Å². The molecule has 0 saturated heterocycles. The number of rotatable bonds is 5. The summed E-state index contributed by atoms with van der Waals surface area (Å²) in [6.07, 6.45) is 1.54. The smallest absolute Gasteiger partial charge is 0.252 e. The Morgan fingerprint density at radius 1 is 0.933 bits per heavy atom. The molecule has 0 bridgehead atoms. The zero-order valence-electron chi connectivity index (χ0n) is 16.1. The molecule has 1 N–H and O–H groups in total. The first-order valence-electron chi connectivity index (χ1n) is 9.39. The fourth-order valence-electron chi connectivity index (χ4n) is 3.12. The van der Waals surface area contributed by atoms with Crippen LogP contribution in [0.1, 0.15) is 28.9 Å². The Balaban J connectivity index is 1.59. The van der Waals surface area contributed by atoms with Gasteiger partial charge in [-0.2, -0.15) is 0 Å². The van der Waals surface area contributed by atoms with Gasteiger partial charge in [-0.1, -0.05) is 24.3 Å². The first-order valence-corrected chi connectivity index (χ1v) is 9.39. The predicted molar refractivity (Wildman–Crippen MR) is 110 cm³/mol. The molecule has 0 fully saturated rings. The first kappa shape index (κ1) is 19.5. The molecule has 0 aliphatic rings. The summed E-state index contributed by atoms with van der Waals surface area (Å²) in [6, 6.07) is 18.5. The van der Waals surface area contributed by atoms with Crippen molar-refractivity contribution in [3.05, 3.63) is 102 Å². The normalized spacial score (nSPS) is 11.8. The lowest BCUT2D eigenvalue weighted by Gasteiger charge is -2.15. The Morgan fingerprint density at radius 2 is 1.57 bits per heavy atom. The monoisotopic (exact) mass is 404 g/mol. The molecule has 4 nitrogen and oxygen atoms in total. The van der Waals surface area contributed by atoms with Gasteiger partial charge in [0, 0.05) is 11.1 Å². The second kappa shape index (κ2) is 8.29. The van der Waals surface area contributed by atoms with Crippen LogP contribution in [0.5, 0.6) is 0 Å². The summed E-state index contributed by atoms with van der Waals surface area (Å²) in [5, 5.41) is 2.91. The van der Waals surface area contributed by atoms with Gasteiger partial charge in [-0.25, -0.2) is 13.8 Å². The minimum atomic E-state index is -0.337. The zero-order valence-corrected chi connectivity index (χ0v) is 16.1. The average molecular weight is 404 g/mol. The quantitative estimate of drug-likeness (QED) is 0.459. The number of oxazole rings is 1. The van der Waals surface area contributed by atoms with Crippen molar-refractivity contribution in [2.24, 2.45) is 0 Å². The Morgan fingerprint density at radius 3 is 2.27 bits per heavy atom. The van der Waals surface area contributed by atoms with Crippen molar-refractivity contribution in [3.63, 3.8) is 0 Å². The van der Waals surface area contributed by atoms with Gasteiger partial charge in [0.1, 0.15) is 11.6 Å². The highest BCUT2D eigenvalue weighted by molar-refractivity contribution is 6.00. The number of carbonyl (C=O) groups is 1. The molecule has 1 atom stereocenters. The lowest BCUT2D eigenvalue weighted by Crippen LogP contribution is -2.27. The van der Waals surface area contributed by atoms with Crippen LogP contribution in [0.2, 0.25) is 0 Å². The molecule has 0 saturated carbocycles. The van der Waals surface area contributed by atoms with E-state index >= 15 is 0 Å². The van der Waals surface area contributed by atoms with Crippen molar-refractivity contribution >= 4 is 5.91 Å². The molecule has 1 amide bonds. The first-order chi connectivity index (χ1) is 14.5. The van der Waals surface area contributed by atoms with Gasteiger partial charge in [0.15, 0.2) is 5.76 Å². The van der Waals surface area contributed by atoms with Crippen molar-refractivity contribution in [2.45, 2.75) is 13.0 Å². The van der Waals surface area contributed by atoms with E-state index in [1.807, 2.05) is 6.92 Å². The van der Waals surface area contributed by atoms with E-state index in [2.05, 4.69) is 10.3 Å². The molecule has 6 heteroatoms. The molecule has 4 aromatic rings. The molecule has 150 valence electrons. The van der Waals surface area contributed by atoms with E-state index in [1.165, 1.54) is 24.3 Å². The van der Waals surface area contributed by atoms with Gasteiger partial charge in [0.2, 0.25) is 5.89 Å². The fraction of sp³-hybridized carbons (Fsp3) is 0.0833. The topological polar surface area (TPSA) is 55.1 Å². The third-order valence-corrected chi connectivity index (χ3v) is 4.75. The summed E-state index contributed by atoms with van der Waals surface area (Å²) in [5.74, 6) is -0.211.